The van der Waals surface area contributed by atoms with E-state index in [1.165, 1.54) is 0 Å². The molecule has 20 heavy (non-hydrogen) atoms. The number of aliphatic hydroxyl groups excluding tert-OH is 1. The Hall–Kier alpha value is -2.28. The number of hydrogen-bond acceptors (Lipinski definition) is 2. The number of rotatable bonds is 2. The lowest BCUT2D eigenvalue weighted by atomic mass is 10.1. The van der Waals surface area contributed by atoms with E-state index in [1.807, 2.05) is 6.07 Å². The minimum absolute atomic E-state index is 0.226. The molecule has 0 aliphatic heterocycles. The average molecular weight is 286 g/mol. The first-order chi connectivity index (χ1) is 9.70. The Morgan fingerprint density at radius 1 is 1.20 bits per heavy atom. The molecule has 2 rings (SSSR count). The van der Waals surface area contributed by atoms with E-state index < -0.39 is 0 Å². The maximum Gasteiger partial charge on any atom is 0.255 e. The van der Waals surface area contributed by atoms with Crippen molar-refractivity contribution in [2.45, 2.75) is 0 Å². The van der Waals surface area contributed by atoms with Crippen molar-refractivity contribution in [1.82, 2.24) is 0 Å². The molecule has 0 atom stereocenters. The SMILES string of the molecule is O=C(Nc1ccccc1C#CCO)c1cccc(Cl)c1. The van der Waals surface area contributed by atoms with Gasteiger partial charge < -0.3 is 10.4 Å². The smallest absolute Gasteiger partial charge is 0.255 e. The molecule has 4 heteroatoms. The zero-order chi connectivity index (χ0) is 14.4. The van der Waals surface area contributed by atoms with E-state index >= 15 is 0 Å². The quantitative estimate of drug-likeness (QED) is 0.834. The first-order valence-corrected chi connectivity index (χ1v) is 6.34. The van der Waals surface area contributed by atoms with Gasteiger partial charge in [-0.25, -0.2) is 0 Å². The summed E-state index contributed by atoms with van der Waals surface area (Å²) in [5.41, 5.74) is 1.72. The molecule has 0 aliphatic rings. The molecule has 0 unspecified atom stereocenters. The highest BCUT2D eigenvalue weighted by Crippen LogP contribution is 2.16. The van der Waals surface area contributed by atoms with Crippen LogP contribution in [0.2, 0.25) is 5.02 Å². The van der Waals surface area contributed by atoms with Gasteiger partial charge >= 0.3 is 0 Å². The normalized spacial score (nSPS) is 9.50. The fourth-order valence-corrected chi connectivity index (χ4v) is 1.85. The van der Waals surface area contributed by atoms with Gasteiger partial charge in [0.2, 0.25) is 0 Å². The van der Waals surface area contributed by atoms with Crippen LogP contribution in [0.25, 0.3) is 0 Å². The summed E-state index contributed by atoms with van der Waals surface area (Å²) in [5, 5.41) is 12.0. The van der Waals surface area contributed by atoms with Crippen LogP contribution < -0.4 is 5.32 Å². The molecule has 0 aliphatic carbocycles. The van der Waals surface area contributed by atoms with E-state index in [1.54, 1.807) is 42.5 Å². The zero-order valence-electron chi connectivity index (χ0n) is 10.6. The van der Waals surface area contributed by atoms with Crippen LogP contribution in [-0.4, -0.2) is 17.6 Å². The van der Waals surface area contributed by atoms with Crippen LogP contribution in [0.3, 0.4) is 0 Å². The van der Waals surface area contributed by atoms with Crippen molar-refractivity contribution in [3.63, 3.8) is 0 Å². The molecule has 2 N–H and O–H groups in total. The van der Waals surface area contributed by atoms with Crippen LogP contribution in [0.1, 0.15) is 15.9 Å². The summed E-state index contributed by atoms with van der Waals surface area (Å²) in [5.74, 6) is 5.09. The molecule has 0 heterocycles. The summed E-state index contributed by atoms with van der Waals surface area (Å²) in [7, 11) is 0. The highest BCUT2D eigenvalue weighted by Gasteiger charge is 2.08. The van der Waals surface area contributed by atoms with Crippen molar-refractivity contribution in [2.24, 2.45) is 0 Å². The number of carbonyl (C=O) groups is 1. The number of amides is 1. The molecule has 0 radical (unpaired) electrons. The molecular weight excluding hydrogens is 274 g/mol. The molecule has 2 aromatic rings. The van der Waals surface area contributed by atoms with Crippen LogP contribution >= 0.6 is 11.6 Å². The molecule has 0 saturated heterocycles. The lowest BCUT2D eigenvalue weighted by Crippen LogP contribution is -2.12. The summed E-state index contributed by atoms with van der Waals surface area (Å²) < 4.78 is 0. The number of hydrogen-bond donors (Lipinski definition) is 2. The van der Waals surface area contributed by atoms with Gasteiger partial charge in [0, 0.05) is 16.1 Å². The Morgan fingerprint density at radius 2 is 2.00 bits per heavy atom. The molecule has 0 aromatic heterocycles. The van der Waals surface area contributed by atoms with E-state index in [4.69, 9.17) is 16.7 Å². The van der Waals surface area contributed by atoms with E-state index in [0.717, 1.165) is 0 Å². The fourth-order valence-electron chi connectivity index (χ4n) is 1.66. The molecule has 1 amide bonds. The number of nitrogens with one attached hydrogen (secondary N) is 1. The number of para-hydroxylation sites is 1. The van der Waals surface area contributed by atoms with E-state index in [-0.39, 0.29) is 12.5 Å². The van der Waals surface area contributed by atoms with Crippen molar-refractivity contribution in [3.05, 3.63) is 64.7 Å². The fraction of sp³-hybridized carbons (Fsp3) is 0.0625. The first-order valence-electron chi connectivity index (χ1n) is 5.96. The predicted molar refractivity (Wildman–Crippen MR) is 79.8 cm³/mol. The average Bonchev–Trinajstić information content (AvgIpc) is 2.46. The van der Waals surface area contributed by atoms with E-state index in [2.05, 4.69) is 17.2 Å². The van der Waals surface area contributed by atoms with Crippen molar-refractivity contribution >= 4 is 23.2 Å². The lowest BCUT2D eigenvalue weighted by Gasteiger charge is -2.07. The van der Waals surface area contributed by atoms with Gasteiger partial charge in [0.15, 0.2) is 0 Å². The number of carbonyl (C=O) groups excluding carboxylic acids is 1. The molecule has 3 nitrogen and oxygen atoms in total. The third-order valence-electron chi connectivity index (χ3n) is 2.56. The second-order valence-corrected chi connectivity index (χ2v) is 4.41. The van der Waals surface area contributed by atoms with Crippen LogP contribution in [0.15, 0.2) is 48.5 Å². The Kier molecular flexibility index (Phi) is 4.78. The molecular formula is C16H12ClNO2. The van der Waals surface area contributed by atoms with E-state index in [9.17, 15) is 4.79 Å². The molecule has 2 aromatic carbocycles. The Labute approximate surface area is 122 Å². The minimum Gasteiger partial charge on any atom is -0.384 e. The molecule has 0 fully saturated rings. The topological polar surface area (TPSA) is 49.3 Å². The predicted octanol–water partition coefficient (Wildman–Crippen LogP) is 2.94. The van der Waals surface area contributed by atoms with Gasteiger partial charge in [-0.05, 0) is 30.3 Å². The maximum absolute atomic E-state index is 12.1. The highest BCUT2D eigenvalue weighted by molar-refractivity contribution is 6.31. The molecule has 100 valence electrons. The molecule has 0 bridgehead atoms. The van der Waals surface area contributed by atoms with Gasteiger partial charge in [-0.15, -0.1) is 0 Å². The van der Waals surface area contributed by atoms with Crippen molar-refractivity contribution in [1.29, 1.82) is 0 Å². The summed E-state index contributed by atoms with van der Waals surface area (Å²) in [6, 6.07) is 13.9. The second kappa shape index (κ2) is 6.76. The van der Waals surface area contributed by atoms with Gasteiger partial charge in [0.05, 0.1) is 5.69 Å². The van der Waals surface area contributed by atoms with Gasteiger partial charge in [0.25, 0.3) is 5.91 Å². The largest absolute Gasteiger partial charge is 0.384 e. The van der Waals surface area contributed by atoms with Crippen molar-refractivity contribution < 1.29 is 9.90 Å². The summed E-state index contributed by atoms with van der Waals surface area (Å²) in [6.07, 6.45) is 0. The standard InChI is InChI=1S/C16H12ClNO2/c17-14-8-3-6-13(11-14)16(20)18-15-9-2-1-5-12(15)7-4-10-19/h1-3,5-6,8-9,11,19H,10H2,(H,18,20). The maximum atomic E-state index is 12.1. The highest BCUT2D eigenvalue weighted by atomic mass is 35.5. The second-order valence-electron chi connectivity index (χ2n) is 3.97. The van der Waals surface area contributed by atoms with Crippen LogP contribution in [-0.2, 0) is 0 Å². The van der Waals surface area contributed by atoms with Crippen molar-refractivity contribution in [2.75, 3.05) is 11.9 Å². The Morgan fingerprint density at radius 3 is 2.75 bits per heavy atom. The van der Waals surface area contributed by atoms with Crippen LogP contribution in [0.4, 0.5) is 5.69 Å². The number of benzene rings is 2. The summed E-state index contributed by atoms with van der Waals surface area (Å²) >= 11 is 5.86. The first kappa shape index (κ1) is 14.1. The van der Waals surface area contributed by atoms with Gasteiger partial charge in [-0.3, -0.25) is 4.79 Å². The summed E-state index contributed by atoms with van der Waals surface area (Å²) in [6.45, 7) is -0.226. The number of anilines is 1. The summed E-state index contributed by atoms with van der Waals surface area (Å²) in [4.78, 5) is 12.1. The van der Waals surface area contributed by atoms with Crippen molar-refractivity contribution in [3.8, 4) is 11.8 Å². The van der Waals surface area contributed by atoms with Gasteiger partial charge in [-0.2, -0.15) is 0 Å². The van der Waals surface area contributed by atoms with Gasteiger partial charge in [0.1, 0.15) is 6.61 Å². The number of aliphatic hydroxyl groups is 1. The lowest BCUT2D eigenvalue weighted by molar-refractivity contribution is 0.102. The van der Waals surface area contributed by atoms with Crippen LogP contribution in [0.5, 0.6) is 0 Å². The third-order valence-corrected chi connectivity index (χ3v) is 2.80. The van der Waals surface area contributed by atoms with E-state index in [0.29, 0.717) is 21.8 Å². The zero-order valence-corrected chi connectivity index (χ0v) is 11.3. The van der Waals surface area contributed by atoms with Crippen LogP contribution in [0, 0.1) is 11.8 Å². The third kappa shape index (κ3) is 3.61. The molecule has 0 saturated carbocycles. The Bertz CT molecular complexity index is 686. The number of halogens is 1. The Balaban J connectivity index is 2.24. The van der Waals surface area contributed by atoms with Gasteiger partial charge in [-0.1, -0.05) is 41.6 Å². The minimum atomic E-state index is -0.259. The molecule has 0 spiro atoms. The monoisotopic (exact) mass is 285 g/mol.